The fraction of sp³-hybridized carbons (Fsp3) is 0.136. The van der Waals surface area contributed by atoms with E-state index in [-0.39, 0.29) is 23.5 Å². The minimum absolute atomic E-state index is 0.252. The predicted octanol–water partition coefficient (Wildman–Crippen LogP) is 4.28. The second-order valence-electron chi connectivity index (χ2n) is 6.61. The summed E-state index contributed by atoms with van der Waals surface area (Å²) in [6.45, 7) is 1.97. The van der Waals surface area contributed by atoms with Gasteiger partial charge in [0.1, 0.15) is 11.6 Å². The maximum Gasteiger partial charge on any atom is 0.272 e. The number of aromatic amines is 1. The molecule has 1 unspecified atom stereocenters. The van der Waals surface area contributed by atoms with Crippen LogP contribution in [0.2, 0.25) is 0 Å². The van der Waals surface area contributed by atoms with E-state index >= 15 is 0 Å². The lowest BCUT2D eigenvalue weighted by Gasteiger charge is -2.13. The van der Waals surface area contributed by atoms with Crippen LogP contribution in [0, 0.1) is 5.82 Å². The second kappa shape index (κ2) is 8.10. The summed E-state index contributed by atoms with van der Waals surface area (Å²) in [5.41, 5.74) is 2.72. The van der Waals surface area contributed by atoms with Crippen molar-refractivity contribution in [3.05, 3.63) is 90.4 Å². The highest BCUT2D eigenvalue weighted by Crippen LogP contribution is 2.21. The summed E-state index contributed by atoms with van der Waals surface area (Å²) in [4.78, 5) is 20.4. The molecule has 2 aromatic carbocycles. The van der Waals surface area contributed by atoms with Crippen LogP contribution in [0.5, 0.6) is 0 Å². The van der Waals surface area contributed by atoms with E-state index in [1.165, 1.54) is 16.8 Å². The van der Waals surface area contributed by atoms with E-state index in [9.17, 15) is 9.18 Å². The molecule has 29 heavy (non-hydrogen) atoms. The first-order valence-electron chi connectivity index (χ1n) is 9.37. The average Bonchev–Trinajstić information content (AvgIpc) is 3.43. The largest absolute Gasteiger partial charge is 0.341 e. The minimum atomic E-state index is -0.359. The van der Waals surface area contributed by atoms with Gasteiger partial charge in [0.25, 0.3) is 5.91 Å². The third-order valence-corrected chi connectivity index (χ3v) is 4.62. The Hall–Kier alpha value is -3.74. The molecule has 146 valence electrons. The van der Waals surface area contributed by atoms with Gasteiger partial charge in [0, 0.05) is 6.20 Å². The van der Waals surface area contributed by atoms with Gasteiger partial charge in [-0.25, -0.2) is 14.1 Å². The number of hydrogen-bond donors (Lipinski definition) is 2. The molecule has 0 radical (unpaired) electrons. The number of H-pyrrole nitrogens is 1. The average molecular weight is 389 g/mol. The lowest BCUT2D eigenvalue weighted by molar-refractivity contribution is 0.0928. The molecule has 0 saturated heterocycles. The van der Waals surface area contributed by atoms with Crippen molar-refractivity contribution in [3.8, 4) is 16.9 Å². The van der Waals surface area contributed by atoms with Gasteiger partial charge < -0.3 is 10.3 Å². The van der Waals surface area contributed by atoms with Crippen molar-refractivity contribution in [2.45, 2.75) is 19.4 Å². The summed E-state index contributed by atoms with van der Waals surface area (Å²) in [5, 5.41) is 7.22. The molecule has 6 nitrogen and oxygen atoms in total. The smallest absolute Gasteiger partial charge is 0.272 e. The van der Waals surface area contributed by atoms with Gasteiger partial charge in [0.15, 0.2) is 5.69 Å². The first kappa shape index (κ1) is 18.6. The zero-order chi connectivity index (χ0) is 20.2. The molecule has 1 atom stereocenters. The number of imidazole rings is 1. The quantitative estimate of drug-likeness (QED) is 0.517. The number of amides is 1. The van der Waals surface area contributed by atoms with Crippen molar-refractivity contribution in [3.63, 3.8) is 0 Å². The molecule has 4 aromatic rings. The monoisotopic (exact) mass is 389 g/mol. The number of aromatic nitrogens is 4. The molecule has 0 aliphatic heterocycles. The van der Waals surface area contributed by atoms with Gasteiger partial charge in [-0.05, 0) is 36.2 Å². The molecule has 0 aliphatic rings. The Bertz CT molecular complexity index is 1120. The Morgan fingerprint density at radius 3 is 2.76 bits per heavy atom. The molecule has 2 N–H and O–H groups in total. The van der Waals surface area contributed by atoms with E-state index in [1.807, 2.05) is 37.3 Å². The molecule has 4 rings (SSSR count). The third kappa shape index (κ3) is 4.08. The Balaban J connectivity index is 1.49. The van der Waals surface area contributed by atoms with E-state index in [0.29, 0.717) is 17.9 Å². The van der Waals surface area contributed by atoms with Crippen LogP contribution in [-0.4, -0.2) is 25.7 Å². The Labute approximate surface area is 167 Å². The van der Waals surface area contributed by atoms with Crippen molar-refractivity contribution >= 4 is 5.91 Å². The number of halogens is 1. The predicted molar refractivity (Wildman–Crippen MR) is 108 cm³/mol. The van der Waals surface area contributed by atoms with Crippen molar-refractivity contribution < 1.29 is 9.18 Å². The number of carbonyl (C=O) groups excluding carboxylic acids is 1. The molecule has 0 spiro atoms. The van der Waals surface area contributed by atoms with Gasteiger partial charge in [-0.3, -0.25) is 4.79 Å². The van der Waals surface area contributed by atoms with Crippen LogP contribution in [0.4, 0.5) is 4.39 Å². The van der Waals surface area contributed by atoms with Gasteiger partial charge in [0.2, 0.25) is 0 Å². The van der Waals surface area contributed by atoms with Gasteiger partial charge in [-0.2, -0.15) is 5.10 Å². The summed E-state index contributed by atoms with van der Waals surface area (Å²) in [5.74, 6) is 0.0102. The number of nitrogens with one attached hydrogen (secondary N) is 2. The van der Waals surface area contributed by atoms with Crippen molar-refractivity contribution in [1.29, 1.82) is 0 Å². The number of hydrogen-bond acceptors (Lipinski definition) is 3. The van der Waals surface area contributed by atoms with E-state index in [0.717, 1.165) is 11.3 Å². The molecule has 7 heteroatoms. The maximum absolute atomic E-state index is 13.4. The highest BCUT2D eigenvalue weighted by molar-refractivity contribution is 5.92. The summed E-state index contributed by atoms with van der Waals surface area (Å²) in [7, 11) is 0. The first-order chi connectivity index (χ1) is 14.1. The molecular formula is C22H20FN5O. The van der Waals surface area contributed by atoms with Crippen LogP contribution in [0.1, 0.15) is 35.7 Å². The SMILES string of the molecule is CCC(NC(=O)c1ccn(-c2cccc(F)c2)n1)c1ncc(-c2ccccc2)[nH]1. The van der Waals surface area contributed by atoms with Crippen LogP contribution in [0.3, 0.4) is 0 Å². The summed E-state index contributed by atoms with van der Waals surface area (Å²) in [6.07, 6.45) is 4.06. The van der Waals surface area contributed by atoms with Crippen LogP contribution in [-0.2, 0) is 0 Å². The van der Waals surface area contributed by atoms with Gasteiger partial charge in [-0.1, -0.05) is 43.3 Å². The van der Waals surface area contributed by atoms with E-state index in [1.54, 1.807) is 30.6 Å². The zero-order valence-electron chi connectivity index (χ0n) is 15.8. The fourth-order valence-corrected chi connectivity index (χ4v) is 3.08. The lowest BCUT2D eigenvalue weighted by Crippen LogP contribution is -2.29. The molecule has 0 saturated carbocycles. The first-order valence-corrected chi connectivity index (χ1v) is 9.37. The molecular weight excluding hydrogens is 369 g/mol. The van der Waals surface area contributed by atoms with E-state index in [4.69, 9.17) is 0 Å². The Morgan fingerprint density at radius 1 is 1.17 bits per heavy atom. The maximum atomic E-state index is 13.4. The normalized spacial score (nSPS) is 11.9. The summed E-state index contributed by atoms with van der Waals surface area (Å²) < 4.78 is 14.9. The third-order valence-electron chi connectivity index (χ3n) is 4.62. The highest BCUT2D eigenvalue weighted by atomic mass is 19.1. The number of carbonyl (C=O) groups is 1. The molecule has 0 fully saturated rings. The second-order valence-corrected chi connectivity index (χ2v) is 6.61. The van der Waals surface area contributed by atoms with Gasteiger partial charge >= 0.3 is 0 Å². The molecule has 0 aliphatic carbocycles. The molecule has 1 amide bonds. The van der Waals surface area contributed by atoms with Gasteiger partial charge in [-0.15, -0.1) is 0 Å². The van der Waals surface area contributed by atoms with Crippen LogP contribution < -0.4 is 5.32 Å². The highest BCUT2D eigenvalue weighted by Gasteiger charge is 2.19. The summed E-state index contributed by atoms with van der Waals surface area (Å²) >= 11 is 0. The molecule has 2 heterocycles. The number of nitrogens with zero attached hydrogens (tertiary/aromatic N) is 3. The van der Waals surface area contributed by atoms with Gasteiger partial charge in [0.05, 0.1) is 23.6 Å². The number of rotatable bonds is 6. The van der Waals surface area contributed by atoms with Crippen LogP contribution >= 0.6 is 0 Å². The molecule has 2 aromatic heterocycles. The van der Waals surface area contributed by atoms with Crippen LogP contribution in [0.25, 0.3) is 16.9 Å². The van der Waals surface area contributed by atoms with Crippen LogP contribution in [0.15, 0.2) is 73.1 Å². The lowest BCUT2D eigenvalue weighted by atomic mass is 10.2. The number of benzene rings is 2. The Morgan fingerprint density at radius 2 is 2.00 bits per heavy atom. The fourth-order valence-electron chi connectivity index (χ4n) is 3.08. The van der Waals surface area contributed by atoms with E-state index < -0.39 is 0 Å². The standard InChI is InChI=1S/C22H20FN5O/c1-2-18(21-24-14-20(25-21)15-7-4-3-5-8-15)26-22(29)19-11-12-28(27-19)17-10-6-9-16(23)13-17/h3-14,18H,2H2,1H3,(H,24,25)(H,26,29). The van der Waals surface area contributed by atoms with Crippen molar-refractivity contribution in [2.75, 3.05) is 0 Å². The zero-order valence-corrected chi connectivity index (χ0v) is 15.8. The summed E-state index contributed by atoms with van der Waals surface area (Å²) in [6, 6.07) is 17.2. The topological polar surface area (TPSA) is 75.6 Å². The Kier molecular flexibility index (Phi) is 5.20. The molecule has 0 bridgehead atoms. The van der Waals surface area contributed by atoms with Crippen molar-refractivity contribution in [1.82, 2.24) is 25.1 Å². The van der Waals surface area contributed by atoms with E-state index in [2.05, 4.69) is 20.4 Å². The van der Waals surface area contributed by atoms with Crippen molar-refractivity contribution in [2.24, 2.45) is 0 Å². The minimum Gasteiger partial charge on any atom is -0.341 e.